The normalized spacial score (nSPS) is 14.0. The lowest BCUT2D eigenvalue weighted by molar-refractivity contribution is -0.114. The van der Waals surface area contributed by atoms with Gasteiger partial charge in [0.05, 0.1) is 6.10 Å². The summed E-state index contributed by atoms with van der Waals surface area (Å²) >= 11 is 0. The second kappa shape index (κ2) is 8.80. The second-order valence-electron chi connectivity index (χ2n) is 5.58. The maximum Gasteiger partial charge on any atom is 0.221 e. The van der Waals surface area contributed by atoms with Crippen molar-refractivity contribution in [2.45, 2.75) is 52.7 Å². The first-order valence-electron chi connectivity index (χ1n) is 7.76. The molecule has 0 heterocycles. The number of amides is 1. The Bertz CT molecular complexity index is 444. The van der Waals surface area contributed by atoms with Crippen LogP contribution >= 0.6 is 0 Å². The molecule has 21 heavy (non-hydrogen) atoms. The van der Waals surface area contributed by atoms with E-state index >= 15 is 0 Å². The van der Waals surface area contributed by atoms with Gasteiger partial charge in [-0.2, -0.15) is 0 Å². The van der Waals surface area contributed by atoms with Crippen LogP contribution in [0.15, 0.2) is 24.3 Å². The van der Waals surface area contributed by atoms with Gasteiger partial charge >= 0.3 is 0 Å². The lowest BCUT2D eigenvalue weighted by atomic mass is 9.96. The SMILES string of the molecule is CCC(CC)C(O)CNC(C)c1cccc(NC(C)=O)c1. The fraction of sp³-hybridized carbons (Fsp3) is 0.588. The van der Waals surface area contributed by atoms with E-state index in [0.29, 0.717) is 12.5 Å². The summed E-state index contributed by atoms with van der Waals surface area (Å²) in [4.78, 5) is 11.1. The van der Waals surface area contributed by atoms with E-state index in [1.165, 1.54) is 6.92 Å². The van der Waals surface area contributed by atoms with Crippen LogP contribution in [0.1, 0.15) is 52.1 Å². The summed E-state index contributed by atoms with van der Waals surface area (Å²) in [5.74, 6) is 0.271. The molecule has 0 aliphatic carbocycles. The first-order chi connectivity index (χ1) is 9.97. The molecule has 1 aromatic carbocycles. The van der Waals surface area contributed by atoms with Gasteiger partial charge in [-0.15, -0.1) is 0 Å². The average molecular weight is 292 g/mol. The molecular weight excluding hydrogens is 264 g/mol. The highest BCUT2D eigenvalue weighted by molar-refractivity contribution is 5.88. The Morgan fingerprint density at radius 2 is 1.95 bits per heavy atom. The van der Waals surface area contributed by atoms with Gasteiger partial charge in [-0.25, -0.2) is 0 Å². The van der Waals surface area contributed by atoms with Crippen molar-refractivity contribution in [2.24, 2.45) is 5.92 Å². The molecule has 118 valence electrons. The Balaban J connectivity index is 2.59. The zero-order valence-electron chi connectivity index (χ0n) is 13.5. The van der Waals surface area contributed by atoms with E-state index in [2.05, 4.69) is 31.4 Å². The Hall–Kier alpha value is -1.39. The van der Waals surface area contributed by atoms with Crippen molar-refractivity contribution in [3.8, 4) is 0 Å². The van der Waals surface area contributed by atoms with Gasteiger partial charge in [-0.05, 0) is 30.5 Å². The number of anilines is 1. The van der Waals surface area contributed by atoms with Gasteiger partial charge in [0, 0.05) is 25.2 Å². The van der Waals surface area contributed by atoms with Crippen LogP contribution in [0.3, 0.4) is 0 Å². The quantitative estimate of drug-likeness (QED) is 0.690. The topological polar surface area (TPSA) is 61.4 Å². The number of rotatable bonds is 8. The van der Waals surface area contributed by atoms with Gasteiger partial charge in [-0.1, -0.05) is 38.8 Å². The lowest BCUT2D eigenvalue weighted by Gasteiger charge is -2.23. The Labute approximate surface area is 128 Å². The number of hydrogen-bond acceptors (Lipinski definition) is 3. The molecule has 1 aromatic rings. The maximum atomic E-state index is 11.1. The average Bonchev–Trinajstić information content (AvgIpc) is 2.45. The summed E-state index contributed by atoms with van der Waals surface area (Å²) in [7, 11) is 0. The van der Waals surface area contributed by atoms with Crippen LogP contribution in [-0.2, 0) is 4.79 Å². The molecule has 2 atom stereocenters. The summed E-state index contributed by atoms with van der Waals surface area (Å²) in [5, 5.41) is 16.3. The van der Waals surface area contributed by atoms with E-state index in [1.807, 2.05) is 24.3 Å². The highest BCUT2D eigenvalue weighted by atomic mass is 16.3. The summed E-state index contributed by atoms with van der Waals surface area (Å²) in [6.45, 7) is 8.36. The predicted molar refractivity (Wildman–Crippen MR) is 87.2 cm³/mol. The summed E-state index contributed by atoms with van der Waals surface area (Å²) < 4.78 is 0. The number of nitrogens with one attached hydrogen (secondary N) is 2. The van der Waals surface area contributed by atoms with Crippen molar-refractivity contribution < 1.29 is 9.90 Å². The van der Waals surface area contributed by atoms with Gasteiger partial charge in [0.25, 0.3) is 0 Å². The smallest absolute Gasteiger partial charge is 0.221 e. The van der Waals surface area contributed by atoms with Gasteiger partial charge < -0.3 is 15.7 Å². The minimum Gasteiger partial charge on any atom is -0.392 e. The Kier molecular flexibility index (Phi) is 7.40. The van der Waals surface area contributed by atoms with Crippen LogP contribution in [0.2, 0.25) is 0 Å². The van der Waals surface area contributed by atoms with Crippen molar-refractivity contribution in [1.29, 1.82) is 0 Å². The molecule has 0 saturated heterocycles. The van der Waals surface area contributed by atoms with Crippen LogP contribution in [-0.4, -0.2) is 23.7 Å². The fourth-order valence-electron chi connectivity index (χ4n) is 2.50. The number of hydrogen-bond donors (Lipinski definition) is 3. The standard InChI is InChI=1S/C17H28N2O2/c1-5-14(6-2)17(21)11-18-12(3)15-8-7-9-16(10-15)19-13(4)20/h7-10,12,14,17-18,21H,5-6,11H2,1-4H3,(H,19,20). The van der Waals surface area contributed by atoms with E-state index in [0.717, 1.165) is 24.1 Å². The molecule has 0 fully saturated rings. The third-order valence-corrected chi connectivity index (χ3v) is 3.93. The van der Waals surface area contributed by atoms with Crippen LogP contribution < -0.4 is 10.6 Å². The number of aliphatic hydroxyl groups is 1. The minimum atomic E-state index is -0.319. The highest BCUT2D eigenvalue weighted by Gasteiger charge is 2.16. The molecule has 0 aliphatic rings. The third-order valence-electron chi connectivity index (χ3n) is 3.93. The lowest BCUT2D eigenvalue weighted by Crippen LogP contribution is -2.33. The molecule has 0 spiro atoms. The molecule has 0 aliphatic heterocycles. The molecule has 0 radical (unpaired) electrons. The van der Waals surface area contributed by atoms with Crippen LogP contribution in [0.5, 0.6) is 0 Å². The van der Waals surface area contributed by atoms with Gasteiger partial charge in [-0.3, -0.25) is 4.79 Å². The van der Waals surface area contributed by atoms with Crippen molar-refractivity contribution in [2.75, 3.05) is 11.9 Å². The minimum absolute atomic E-state index is 0.0723. The van der Waals surface area contributed by atoms with Crippen molar-refractivity contribution >= 4 is 11.6 Å². The molecule has 0 aromatic heterocycles. The molecule has 3 N–H and O–H groups in total. The molecular formula is C17H28N2O2. The number of carbonyl (C=O) groups is 1. The Morgan fingerprint density at radius 1 is 1.29 bits per heavy atom. The molecule has 1 amide bonds. The highest BCUT2D eigenvalue weighted by Crippen LogP contribution is 2.18. The molecule has 0 saturated carbocycles. The van der Waals surface area contributed by atoms with E-state index in [9.17, 15) is 9.90 Å². The van der Waals surface area contributed by atoms with Gasteiger partial charge in [0.2, 0.25) is 5.91 Å². The van der Waals surface area contributed by atoms with E-state index in [4.69, 9.17) is 0 Å². The second-order valence-corrected chi connectivity index (χ2v) is 5.58. The van der Waals surface area contributed by atoms with Gasteiger partial charge in [0.1, 0.15) is 0 Å². The van der Waals surface area contributed by atoms with Crippen LogP contribution in [0.4, 0.5) is 5.69 Å². The molecule has 0 bridgehead atoms. The largest absolute Gasteiger partial charge is 0.392 e. The first kappa shape index (κ1) is 17.7. The fourth-order valence-corrected chi connectivity index (χ4v) is 2.50. The monoisotopic (exact) mass is 292 g/mol. The molecule has 2 unspecified atom stereocenters. The summed E-state index contributed by atoms with van der Waals surface area (Å²) in [6.07, 6.45) is 1.67. The van der Waals surface area contributed by atoms with E-state index in [1.54, 1.807) is 0 Å². The Morgan fingerprint density at radius 3 is 2.52 bits per heavy atom. The van der Waals surface area contributed by atoms with Gasteiger partial charge in [0.15, 0.2) is 0 Å². The molecule has 4 nitrogen and oxygen atoms in total. The zero-order valence-corrected chi connectivity index (χ0v) is 13.5. The number of aliphatic hydroxyl groups excluding tert-OH is 1. The molecule has 1 rings (SSSR count). The number of benzene rings is 1. The summed E-state index contributed by atoms with van der Waals surface area (Å²) in [6, 6.07) is 7.91. The van der Waals surface area contributed by atoms with E-state index in [-0.39, 0.29) is 18.1 Å². The third kappa shape index (κ3) is 5.86. The maximum absolute atomic E-state index is 11.1. The predicted octanol–water partition coefficient (Wildman–Crippen LogP) is 3.09. The van der Waals surface area contributed by atoms with Crippen molar-refractivity contribution in [1.82, 2.24) is 5.32 Å². The zero-order chi connectivity index (χ0) is 15.8. The number of carbonyl (C=O) groups excluding carboxylic acids is 1. The van der Waals surface area contributed by atoms with Crippen molar-refractivity contribution in [3.05, 3.63) is 29.8 Å². The molecule has 4 heteroatoms. The van der Waals surface area contributed by atoms with E-state index < -0.39 is 0 Å². The van der Waals surface area contributed by atoms with Crippen molar-refractivity contribution in [3.63, 3.8) is 0 Å². The van der Waals surface area contributed by atoms with Crippen LogP contribution in [0, 0.1) is 5.92 Å². The first-order valence-corrected chi connectivity index (χ1v) is 7.76. The summed E-state index contributed by atoms with van der Waals surface area (Å²) in [5.41, 5.74) is 1.90. The van der Waals surface area contributed by atoms with Crippen LogP contribution in [0.25, 0.3) is 0 Å².